The number of phenols is 1. The van der Waals surface area contributed by atoms with E-state index >= 15 is 0 Å². The molecule has 21 heavy (non-hydrogen) atoms. The number of benzene rings is 2. The van der Waals surface area contributed by atoms with Crippen LogP contribution in [0, 0.1) is 6.92 Å². The SMILES string of the molecule is CCN(CC)CC.Cc1cccc(O)c1.c1ccccc1. The Hall–Kier alpha value is -1.80. The fourth-order valence-corrected chi connectivity index (χ4v) is 1.68. The highest BCUT2D eigenvalue weighted by atomic mass is 16.3. The van der Waals surface area contributed by atoms with Crippen molar-refractivity contribution in [3.63, 3.8) is 0 Å². The molecule has 0 atom stereocenters. The van der Waals surface area contributed by atoms with Crippen LogP contribution in [0.2, 0.25) is 0 Å². The molecule has 0 amide bonds. The second kappa shape index (κ2) is 13.2. The van der Waals surface area contributed by atoms with Crippen LogP contribution in [0.5, 0.6) is 5.75 Å². The van der Waals surface area contributed by atoms with Crippen LogP contribution in [0.25, 0.3) is 0 Å². The molecule has 2 rings (SSSR count). The summed E-state index contributed by atoms with van der Waals surface area (Å²) in [5.74, 6) is 0.338. The van der Waals surface area contributed by atoms with Crippen molar-refractivity contribution >= 4 is 0 Å². The van der Waals surface area contributed by atoms with Gasteiger partial charge < -0.3 is 10.0 Å². The Bertz CT molecular complexity index is 389. The van der Waals surface area contributed by atoms with Gasteiger partial charge in [0.05, 0.1) is 0 Å². The zero-order valence-electron chi connectivity index (χ0n) is 13.8. The molecule has 0 bridgehead atoms. The third-order valence-electron chi connectivity index (χ3n) is 3.01. The Morgan fingerprint density at radius 3 is 1.38 bits per heavy atom. The molecule has 2 aromatic carbocycles. The molecule has 2 nitrogen and oxygen atoms in total. The number of hydrogen-bond donors (Lipinski definition) is 1. The molecule has 0 aliphatic rings. The van der Waals surface area contributed by atoms with Crippen molar-refractivity contribution in [2.45, 2.75) is 27.7 Å². The normalized spacial score (nSPS) is 9.19. The summed E-state index contributed by atoms with van der Waals surface area (Å²) in [6, 6.07) is 19.2. The van der Waals surface area contributed by atoms with Gasteiger partial charge in [-0.3, -0.25) is 0 Å². The molecule has 2 aromatic rings. The molecule has 1 N–H and O–H groups in total. The number of aryl methyl sites for hydroxylation is 1. The van der Waals surface area contributed by atoms with E-state index in [1.54, 1.807) is 12.1 Å². The molecule has 0 saturated heterocycles. The quantitative estimate of drug-likeness (QED) is 0.881. The van der Waals surface area contributed by atoms with Gasteiger partial charge in [-0.05, 0) is 44.3 Å². The first-order valence-corrected chi connectivity index (χ1v) is 7.61. The highest BCUT2D eigenvalue weighted by Crippen LogP contribution is 2.08. The van der Waals surface area contributed by atoms with Gasteiger partial charge in [-0.15, -0.1) is 0 Å². The lowest BCUT2D eigenvalue weighted by atomic mass is 10.2. The predicted octanol–water partition coefficient (Wildman–Crippen LogP) is 4.74. The predicted molar refractivity (Wildman–Crippen MR) is 92.7 cm³/mol. The van der Waals surface area contributed by atoms with Gasteiger partial charge >= 0.3 is 0 Å². The number of rotatable bonds is 3. The Morgan fingerprint density at radius 2 is 1.19 bits per heavy atom. The van der Waals surface area contributed by atoms with Gasteiger partial charge in [-0.25, -0.2) is 0 Å². The van der Waals surface area contributed by atoms with Gasteiger partial charge in [0.2, 0.25) is 0 Å². The third-order valence-corrected chi connectivity index (χ3v) is 3.01. The second-order valence-corrected chi connectivity index (χ2v) is 4.61. The lowest BCUT2D eigenvalue weighted by molar-refractivity contribution is 0.321. The van der Waals surface area contributed by atoms with E-state index in [0.717, 1.165) is 5.56 Å². The van der Waals surface area contributed by atoms with Crippen molar-refractivity contribution in [1.29, 1.82) is 0 Å². The molecule has 0 spiro atoms. The minimum Gasteiger partial charge on any atom is -0.508 e. The third kappa shape index (κ3) is 11.7. The largest absolute Gasteiger partial charge is 0.508 e. The van der Waals surface area contributed by atoms with Crippen LogP contribution in [-0.2, 0) is 0 Å². The van der Waals surface area contributed by atoms with Crippen LogP contribution in [0.15, 0.2) is 60.7 Å². The van der Waals surface area contributed by atoms with Crippen molar-refractivity contribution < 1.29 is 5.11 Å². The van der Waals surface area contributed by atoms with E-state index < -0.39 is 0 Å². The number of hydrogen-bond acceptors (Lipinski definition) is 2. The van der Waals surface area contributed by atoms with Crippen molar-refractivity contribution in [1.82, 2.24) is 4.90 Å². The van der Waals surface area contributed by atoms with E-state index in [2.05, 4.69) is 25.7 Å². The minimum absolute atomic E-state index is 0.338. The van der Waals surface area contributed by atoms with Gasteiger partial charge in [-0.1, -0.05) is 69.3 Å². The molecule has 0 aromatic heterocycles. The maximum absolute atomic E-state index is 8.81. The maximum atomic E-state index is 8.81. The fourth-order valence-electron chi connectivity index (χ4n) is 1.68. The first-order chi connectivity index (χ1) is 10.1. The molecule has 0 aliphatic carbocycles. The minimum atomic E-state index is 0.338. The maximum Gasteiger partial charge on any atom is 0.115 e. The number of nitrogens with zero attached hydrogens (tertiary/aromatic N) is 1. The molecular formula is C19H29NO. The van der Waals surface area contributed by atoms with Crippen molar-refractivity contribution in [3.05, 3.63) is 66.2 Å². The first kappa shape index (κ1) is 19.2. The molecule has 2 heteroatoms. The molecule has 0 heterocycles. The lowest BCUT2D eigenvalue weighted by Crippen LogP contribution is -2.21. The standard InChI is InChI=1S/C7H8O.C6H15N.C6H6/c1-6-3-2-4-7(8)5-6;1-4-7(5-2)6-3;1-2-4-6-5-3-1/h2-5,8H,1H3;4-6H2,1-3H3;1-6H. The Kier molecular flexibility index (Phi) is 12.1. The Labute approximate surface area is 130 Å². The zero-order valence-corrected chi connectivity index (χ0v) is 13.8. The molecule has 116 valence electrons. The average molecular weight is 287 g/mol. The molecule has 0 unspecified atom stereocenters. The Morgan fingerprint density at radius 1 is 0.762 bits per heavy atom. The van der Waals surface area contributed by atoms with Crippen LogP contribution in [-0.4, -0.2) is 29.6 Å². The van der Waals surface area contributed by atoms with Crippen LogP contribution in [0.3, 0.4) is 0 Å². The summed E-state index contributed by atoms with van der Waals surface area (Å²) in [5.41, 5.74) is 1.09. The number of aromatic hydroxyl groups is 1. The van der Waals surface area contributed by atoms with Gasteiger partial charge in [0.1, 0.15) is 5.75 Å². The van der Waals surface area contributed by atoms with Crippen molar-refractivity contribution in [2.75, 3.05) is 19.6 Å². The van der Waals surface area contributed by atoms with E-state index in [1.807, 2.05) is 55.5 Å². The number of phenolic OH excluding ortho intramolecular Hbond substituents is 1. The molecular weight excluding hydrogens is 258 g/mol. The highest BCUT2D eigenvalue weighted by molar-refractivity contribution is 5.25. The molecule has 0 saturated carbocycles. The summed E-state index contributed by atoms with van der Waals surface area (Å²) in [6.07, 6.45) is 0. The van der Waals surface area contributed by atoms with Gasteiger partial charge in [0, 0.05) is 0 Å². The Balaban J connectivity index is 0.000000289. The van der Waals surface area contributed by atoms with Crippen LogP contribution < -0.4 is 0 Å². The highest BCUT2D eigenvalue weighted by Gasteiger charge is 1.89. The summed E-state index contributed by atoms with van der Waals surface area (Å²) in [6.45, 7) is 12.1. The molecule has 0 fully saturated rings. The average Bonchev–Trinajstić information content (AvgIpc) is 2.52. The van der Waals surface area contributed by atoms with Crippen molar-refractivity contribution in [3.8, 4) is 5.75 Å². The fraction of sp³-hybridized carbons (Fsp3) is 0.368. The summed E-state index contributed by atoms with van der Waals surface area (Å²) in [7, 11) is 0. The smallest absolute Gasteiger partial charge is 0.115 e. The van der Waals surface area contributed by atoms with Crippen LogP contribution in [0.4, 0.5) is 0 Å². The summed E-state index contributed by atoms with van der Waals surface area (Å²) < 4.78 is 0. The lowest BCUT2D eigenvalue weighted by Gasteiger charge is -2.13. The van der Waals surface area contributed by atoms with E-state index in [1.165, 1.54) is 19.6 Å². The first-order valence-electron chi connectivity index (χ1n) is 7.61. The summed E-state index contributed by atoms with van der Waals surface area (Å²) >= 11 is 0. The zero-order chi connectivity index (χ0) is 15.9. The van der Waals surface area contributed by atoms with Gasteiger partial charge in [-0.2, -0.15) is 0 Å². The topological polar surface area (TPSA) is 23.5 Å². The monoisotopic (exact) mass is 287 g/mol. The van der Waals surface area contributed by atoms with Crippen LogP contribution >= 0.6 is 0 Å². The molecule has 0 radical (unpaired) electrons. The van der Waals surface area contributed by atoms with E-state index in [9.17, 15) is 0 Å². The molecule has 0 aliphatic heterocycles. The summed E-state index contributed by atoms with van der Waals surface area (Å²) in [4.78, 5) is 2.38. The second-order valence-electron chi connectivity index (χ2n) is 4.61. The van der Waals surface area contributed by atoms with Gasteiger partial charge in [0.25, 0.3) is 0 Å². The summed E-state index contributed by atoms with van der Waals surface area (Å²) in [5, 5.41) is 8.81. The van der Waals surface area contributed by atoms with Gasteiger partial charge in [0.15, 0.2) is 0 Å². The van der Waals surface area contributed by atoms with E-state index in [4.69, 9.17) is 5.11 Å². The van der Waals surface area contributed by atoms with E-state index in [-0.39, 0.29) is 0 Å². The van der Waals surface area contributed by atoms with E-state index in [0.29, 0.717) is 5.75 Å². The van der Waals surface area contributed by atoms with Crippen LogP contribution in [0.1, 0.15) is 26.3 Å². The van der Waals surface area contributed by atoms with Crippen molar-refractivity contribution in [2.24, 2.45) is 0 Å².